The predicted octanol–water partition coefficient (Wildman–Crippen LogP) is 1.61. The average Bonchev–Trinajstić information content (AvgIpc) is 2.87. The molecular formula is C13H14N4O3S. The zero-order valence-corrected chi connectivity index (χ0v) is 12.2. The van der Waals surface area contributed by atoms with Crippen molar-refractivity contribution in [1.82, 2.24) is 9.78 Å². The normalized spacial score (nSPS) is 10.9. The van der Waals surface area contributed by atoms with Gasteiger partial charge in [0.15, 0.2) is 5.82 Å². The van der Waals surface area contributed by atoms with Crippen LogP contribution in [0, 0.1) is 11.3 Å². The molecule has 0 fully saturated rings. The highest BCUT2D eigenvalue weighted by Crippen LogP contribution is 2.18. The molecule has 0 aliphatic rings. The van der Waals surface area contributed by atoms with Gasteiger partial charge in [-0.1, -0.05) is 0 Å². The van der Waals surface area contributed by atoms with E-state index < -0.39 is 10.0 Å². The number of ether oxygens (including phenoxy) is 1. The van der Waals surface area contributed by atoms with Crippen molar-refractivity contribution in [2.75, 3.05) is 11.3 Å². The van der Waals surface area contributed by atoms with Crippen molar-refractivity contribution in [3.05, 3.63) is 36.5 Å². The lowest BCUT2D eigenvalue weighted by Crippen LogP contribution is -2.13. The molecule has 0 saturated carbocycles. The van der Waals surface area contributed by atoms with E-state index in [1.54, 1.807) is 12.1 Å². The maximum absolute atomic E-state index is 12.2. The van der Waals surface area contributed by atoms with Gasteiger partial charge in [-0.25, -0.2) is 8.42 Å². The highest BCUT2D eigenvalue weighted by Gasteiger charge is 2.15. The molecule has 0 saturated heterocycles. The molecule has 2 rings (SSSR count). The summed E-state index contributed by atoms with van der Waals surface area (Å²) in [6.07, 6.45) is 1.53. The Bertz CT molecular complexity index is 744. The number of hydrogen-bond donors (Lipinski definition) is 1. The number of nitrogens with one attached hydrogen (secondary N) is 1. The number of hydrogen-bond acceptors (Lipinski definition) is 5. The first-order valence-corrected chi connectivity index (χ1v) is 7.69. The van der Waals surface area contributed by atoms with Crippen LogP contribution >= 0.6 is 0 Å². The molecule has 21 heavy (non-hydrogen) atoms. The molecule has 0 spiro atoms. The number of sulfonamides is 1. The van der Waals surface area contributed by atoms with Gasteiger partial charge in [-0.05, 0) is 31.2 Å². The molecule has 0 atom stereocenters. The van der Waals surface area contributed by atoms with E-state index in [1.165, 1.54) is 29.1 Å². The van der Waals surface area contributed by atoms with Gasteiger partial charge in [0.25, 0.3) is 10.0 Å². The van der Waals surface area contributed by atoms with Crippen LogP contribution in [0.4, 0.5) is 5.82 Å². The highest BCUT2D eigenvalue weighted by atomic mass is 32.2. The summed E-state index contributed by atoms with van der Waals surface area (Å²) >= 11 is 0. The Labute approximate surface area is 122 Å². The van der Waals surface area contributed by atoms with Crippen LogP contribution in [0.2, 0.25) is 0 Å². The topological polar surface area (TPSA) is 97.0 Å². The van der Waals surface area contributed by atoms with Gasteiger partial charge in [0, 0.05) is 12.3 Å². The van der Waals surface area contributed by atoms with Crippen LogP contribution in [-0.2, 0) is 16.6 Å². The largest absolute Gasteiger partial charge is 0.494 e. The first-order chi connectivity index (χ1) is 10.0. The van der Waals surface area contributed by atoms with E-state index in [0.717, 1.165) is 0 Å². The Morgan fingerprint density at radius 2 is 2.05 bits per heavy atom. The van der Waals surface area contributed by atoms with Crippen LogP contribution in [0.3, 0.4) is 0 Å². The SMILES string of the molecule is CCOc1ccc(S(=O)(=O)Nc2ccn(CC#N)n2)cc1. The van der Waals surface area contributed by atoms with E-state index in [2.05, 4.69) is 9.82 Å². The maximum Gasteiger partial charge on any atom is 0.263 e. The third-order valence-corrected chi connectivity index (χ3v) is 3.93. The Morgan fingerprint density at radius 1 is 1.33 bits per heavy atom. The second kappa shape index (κ2) is 6.28. The standard InChI is InChI=1S/C13H14N4O3S/c1-2-20-11-3-5-12(6-4-11)21(18,19)16-13-7-9-17(15-13)10-8-14/h3-7,9H,2,10H2,1H3,(H,15,16). The van der Waals surface area contributed by atoms with Gasteiger partial charge in [0.05, 0.1) is 17.6 Å². The third-order valence-electron chi connectivity index (χ3n) is 2.56. The van der Waals surface area contributed by atoms with E-state index in [0.29, 0.717) is 12.4 Å². The second-order valence-electron chi connectivity index (χ2n) is 4.07. The summed E-state index contributed by atoms with van der Waals surface area (Å²) < 4.78 is 33.3. The minimum absolute atomic E-state index is 0.0603. The first kappa shape index (κ1) is 14.9. The van der Waals surface area contributed by atoms with Gasteiger partial charge in [0.2, 0.25) is 0 Å². The Morgan fingerprint density at radius 3 is 2.67 bits per heavy atom. The molecule has 8 heteroatoms. The monoisotopic (exact) mass is 306 g/mol. The van der Waals surface area contributed by atoms with Gasteiger partial charge >= 0.3 is 0 Å². The lowest BCUT2D eigenvalue weighted by Gasteiger charge is -2.07. The molecule has 1 N–H and O–H groups in total. The molecule has 7 nitrogen and oxygen atoms in total. The summed E-state index contributed by atoms with van der Waals surface area (Å²) in [5.41, 5.74) is 0. The lowest BCUT2D eigenvalue weighted by atomic mass is 10.3. The van der Waals surface area contributed by atoms with Crippen molar-refractivity contribution < 1.29 is 13.2 Å². The number of nitriles is 1. The number of nitrogens with zero attached hydrogens (tertiary/aromatic N) is 3. The maximum atomic E-state index is 12.2. The Balaban J connectivity index is 2.15. The first-order valence-electron chi connectivity index (χ1n) is 6.21. The quantitative estimate of drug-likeness (QED) is 0.874. The molecule has 2 aromatic rings. The van der Waals surface area contributed by atoms with Crippen LogP contribution in [0.5, 0.6) is 5.75 Å². The number of benzene rings is 1. The van der Waals surface area contributed by atoms with E-state index in [-0.39, 0.29) is 17.3 Å². The van der Waals surface area contributed by atoms with Crippen molar-refractivity contribution in [3.8, 4) is 11.8 Å². The lowest BCUT2D eigenvalue weighted by molar-refractivity contribution is 0.340. The average molecular weight is 306 g/mol. The smallest absolute Gasteiger partial charge is 0.263 e. The minimum Gasteiger partial charge on any atom is -0.494 e. The van der Waals surface area contributed by atoms with Crippen LogP contribution < -0.4 is 9.46 Å². The fraction of sp³-hybridized carbons (Fsp3) is 0.231. The van der Waals surface area contributed by atoms with Crippen LogP contribution in [0.25, 0.3) is 0 Å². The van der Waals surface area contributed by atoms with Gasteiger partial charge in [-0.3, -0.25) is 9.40 Å². The third kappa shape index (κ3) is 3.73. The van der Waals surface area contributed by atoms with E-state index in [9.17, 15) is 8.42 Å². The molecule has 0 radical (unpaired) electrons. The fourth-order valence-corrected chi connectivity index (χ4v) is 2.65. The molecule has 1 aromatic heterocycles. The summed E-state index contributed by atoms with van der Waals surface area (Å²) in [7, 11) is -3.71. The summed E-state index contributed by atoms with van der Waals surface area (Å²) in [6, 6.07) is 9.50. The van der Waals surface area contributed by atoms with Crippen LogP contribution in [0.15, 0.2) is 41.4 Å². The van der Waals surface area contributed by atoms with Crippen LogP contribution in [-0.4, -0.2) is 24.8 Å². The number of aromatic nitrogens is 2. The van der Waals surface area contributed by atoms with E-state index >= 15 is 0 Å². The summed E-state index contributed by atoms with van der Waals surface area (Å²) in [5.74, 6) is 0.772. The Hall–Kier alpha value is -2.53. The highest BCUT2D eigenvalue weighted by molar-refractivity contribution is 7.92. The molecule has 0 aliphatic heterocycles. The molecule has 0 aliphatic carbocycles. The van der Waals surface area contributed by atoms with Gasteiger partial charge in [-0.2, -0.15) is 10.4 Å². The predicted molar refractivity (Wildman–Crippen MR) is 76.3 cm³/mol. The van der Waals surface area contributed by atoms with Crippen molar-refractivity contribution >= 4 is 15.8 Å². The zero-order chi connectivity index (χ0) is 15.3. The van der Waals surface area contributed by atoms with Gasteiger partial charge < -0.3 is 4.74 Å². The van der Waals surface area contributed by atoms with Crippen molar-refractivity contribution in [3.63, 3.8) is 0 Å². The zero-order valence-electron chi connectivity index (χ0n) is 11.4. The fourth-order valence-electron chi connectivity index (χ4n) is 1.65. The van der Waals surface area contributed by atoms with E-state index in [4.69, 9.17) is 10.00 Å². The second-order valence-corrected chi connectivity index (χ2v) is 5.75. The van der Waals surface area contributed by atoms with E-state index in [1.807, 2.05) is 13.0 Å². The Kier molecular flexibility index (Phi) is 4.45. The molecule has 0 unspecified atom stereocenters. The number of rotatable bonds is 6. The number of anilines is 1. The molecule has 0 bridgehead atoms. The van der Waals surface area contributed by atoms with Crippen molar-refractivity contribution in [2.24, 2.45) is 0 Å². The summed E-state index contributed by atoms with van der Waals surface area (Å²) in [4.78, 5) is 0.112. The molecule has 1 heterocycles. The molecule has 110 valence electrons. The summed E-state index contributed by atoms with van der Waals surface area (Å²) in [5, 5.41) is 12.5. The molecule has 1 aromatic carbocycles. The summed E-state index contributed by atoms with van der Waals surface area (Å²) in [6.45, 7) is 2.43. The molecular weight excluding hydrogens is 292 g/mol. The van der Waals surface area contributed by atoms with Crippen LogP contribution in [0.1, 0.15) is 6.92 Å². The van der Waals surface area contributed by atoms with Gasteiger partial charge in [0.1, 0.15) is 12.3 Å². The minimum atomic E-state index is -3.71. The van der Waals surface area contributed by atoms with Crippen molar-refractivity contribution in [2.45, 2.75) is 18.4 Å². The van der Waals surface area contributed by atoms with Gasteiger partial charge in [-0.15, -0.1) is 0 Å². The molecule has 0 amide bonds. The van der Waals surface area contributed by atoms with Crippen molar-refractivity contribution in [1.29, 1.82) is 5.26 Å².